The zero-order valence-corrected chi connectivity index (χ0v) is 12.8. The first-order valence-corrected chi connectivity index (χ1v) is 7.26. The van der Waals surface area contributed by atoms with Crippen molar-refractivity contribution in [3.63, 3.8) is 0 Å². The highest BCUT2D eigenvalue weighted by Crippen LogP contribution is 2.12. The molecule has 0 aliphatic heterocycles. The van der Waals surface area contributed by atoms with E-state index in [9.17, 15) is 9.59 Å². The summed E-state index contributed by atoms with van der Waals surface area (Å²) in [5, 5.41) is 5.26. The Morgan fingerprint density at radius 2 is 1.73 bits per heavy atom. The van der Waals surface area contributed by atoms with Gasteiger partial charge in [-0.1, -0.05) is 48.0 Å². The minimum absolute atomic E-state index is 0.434. The first kappa shape index (κ1) is 15.8. The first-order valence-electron chi connectivity index (χ1n) is 7.26. The zero-order valence-electron chi connectivity index (χ0n) is 12.8. The summed E-state index contributed by atoms with van der Waals surface area (Å²) in [5.41, 5.74) is 3.89. The number of amides is 2. The third-order valence-corrected chi connectivity index (χ3v) is 3.38. The smallest absolute Gasteiger partial charge is 0.313 e. The van der Waals surface area contributed by atoms with E-state index in [1.165, 1.54) is 5.56 Å². The monoisotopic (exact) mass is 296 g/mol. The summed E-state index contributed by atoms with van der Waals surface area (Å²) < 4.78 is 0. The van der Waals surface area contributed by atoms with Gasteiger partial charge in [0.2, 0.25) is 0 Å². The molecule has 0 radical (unpaired) electrons. The molecule has 0 aliphatic carbocycles. The second-order valence-electron chi connectivity index (χ2n) is 5.26. The quantitative estimate of drug-likeness (QED) is 0.852. The predicted octanol–water partition coefficient (Wildman–Crippen LogP) is 2.60. The van der Waals surface area contributed by atoms with Crippen LogP contribution in [0.15, 0.2) is 48.5 Å². The van der Waals surface area contributed by atoms with Crippen molar-refractivity contribution in [1.29, 1.82) is 0 Å². The second-order valence-corrected chi connectivity index (χ2v) is 5.26. The topological polar surface area (TPSA) is 58.2 Å². The van der Waals surface area contributed by atoms with Gasteiger partial charge in [-0.2, -0.15) is 0 Å². The van der Waals surface area contributed by atoms with Crippen molar-refractivity contribution in [2.24, 2.45) is 0 Å². The maximum Gasteiger partial charge on any atom is 0.313 e. The molecule has 2 amide bonds. The van der Waals surface area contributed by atoms with Crippen molar-refractivity contribution >= 4 is 17.5 Å². The molecule has 0 saturated heterocycles. The standard InChI is InChI=1S/C18H20N2O2/c1-13-6-5-8-15(12-13)10-11-19-17(21)18(22)20-16-9-4-3-7-14(16)2/h3-9,12H,10-11H2,1-2H3,(H,19,21)(H,20,22). The van der Waals surface area contributed by atoms with Gasteiger partial charge in [-0.3, -0.25) is 9.59 Å². The van der Waals surface area contributed by atoms with E-state index in [0.29, 0.717) is 18.7 Å². The van der Waals surface area contributed by atoms with Crippen LogP contribution in [0.2, 0.25) is 0 Å². The van der Waals surface area contributed by atoms with Crippen molar-refractivity contribution in [2.45, 2.75) is 20.3 Å². The Balaban J connectivity index is 1.82. The fraction of sp³-hybridized carbons (Fsp3) is 0.222. The Bertz CT molecular complexity index is 680. The van der Waals surface area contributed by atoms with E-state index in [2.05, 4.69) is 16.7 Å². The van der Waals surface area contributed by atoms with Crippen molar-refractivity contribution in [3.8, 4) is 0 Å². The van der Waals surface area contributed by atoms with E-state index in [-0.39, 0.29) is 0 Å². The number of para-hydroxylation sites is 1. The van der Waals surface area contributed by atoms with E-state index in [0.717, 1.165) is 11.1 Å². The van der Waals surface area contributed by atoms with Crippen LogP contribution >= 0.6 is 0 Å². The molecule has 0 bridgehead atoms. The molecule has 4 heteroatoms. The van der Waals surface area contributed by atoms with Crippen LogP contribution in [0.5, 0.6) is 0 Å². The van der Waals surface area contributed by atoms with Gasteiger partial charge in [-0.25, -0.2) is 0 Å². The summed E-state index contributed by atoms with van der Waals surface area (Å²) in [6.45, 7) is 4.34. The Kier molecular flexibility index (Phi) is 5.31. The molecule has 0 fully saturated rings. The van der Waals surface area contributed by atoms with Crippen LogP contribution in [-0.4, -0.2) is 18.4 Å². The number of anilines is 1. The summed E-state index contributed by atoms with van der Waals surface area (Å²) in [5.74, 6) is -1.26. The van der Waals surface area contributed by atoms with Gasteiger partial charge in [-0.15, -0.1) is 0 Å². The van der Waals surface area contributed by atoms with Gasteiger partial charge in [-0.05, 0) is 37.5 Å². The van der Waals surface area contributed by atoms with Gasteiger partial charge in [0.25, 0.3) is 0 Å². The number of nitrogens with one attached hydrogen (secondary N) is 2. The Morgan fingerprint density at radius 3 is 2.45 bits per heavy atom. The summed E-state index contributed by atoms with van der Waals surface area (Å²) in [4.78, 5) is 23.6. The average Bonchev–Trinajstić information content (AvgIpc) is 2.49. The van der Waals surface area contributed by atoms with Gasteiger partial charge in [0, 0.05) is 12.2 Å². The number of rotatable bonds is 4. The average molecular weight is 296 g/mol. The molecule has 2 aromatic rings. The Morgan fingerprint density at radius 1 is 0.955 bits per heavy atom. The molecule has 0 aromatic heterocycles. The first-order chi connectivity index (χ1) is 10.6. The third kappa shape index (κ3) is 4.45. The summed E-state index contributed by atoms with van der Waals surface area (Å²) in [7, 11) is 0. The largest absolute Gasteiger partial charge is 0.347 e. The Hall–Kier alpha value is -2.62. The van der Waals surface area contributed by atoms with Gasteiger partial charge in [0.15, 0.2) is 0 Å². The maximum atomic E-state index is 11.8. The van der Waals surface area contributed by atoms with Crippen LogP contribution in [0.1, 0.15) is 16.7 Å². The van der Waals surface area contributed by atoms with Gasteiger partial charge >= 0.3 is 11.8 Å². The highest BCUT2D eigenvalue weighted by molar-refractivity contribution is 6.39. The number of hydrogen-bond acceptors (Lipinski definition) is 2. The lowest BCUT2D eigenvalue weighted by atomic mass is 10.1. The van der Waals surface area contributed by atoms with E-state index in [1.807, 2.05) is 50.2 Å². The fourth-order valence-electron chi connectivity index (χ4n) is 2.16. The number of carbonyl (C=O) groups is 2. The van der Waals surface area contributed by atoms with Gasteiger partial charge in [0.1, 0.15) is 0 Å². The number of benzene rings is 2. The van der Waals surface area contributed by atoms with Crippen LogP contribution < -0.4 is 10.6 Å². The highest BCUT2D eigenvalue weighted by Gasteiger charge is 2.13. The zero-order chi connectivity index (χ0) is 15.9. The molecule has 22 heavy (non-hydrogen) atoms. The van der Waals surface area contributed by atoms with Crippen LogP contribution in [0.25, 0.3) is 0 Å². The number of aryl methyl sites for hydroxylation is 2. The molecular weight excluding hydrogens is 276 g/mol. The second kappa shape index (κ2) is 7.41. The van der Waals surface area contributed by atoms with E-state index in [1.54, 1.807) is 6.07 Å². The van der Waals surface area contributed by atoms with E-state index in [4.69, 9.17) is 0 Å². The van der Waals surface area contributed by atoms with Crippen molar-refractivity contribution in [1.82, 2.24) is 5.32 Å². The minimum Gasteiger partial charge on any atom is -0.347 e. The number of carbonyl (C=O) groups excluding carboxylic acids is 2. The molecular formula is C18H20N2O2. The molecule has 2 rings (SSSR count). The van der Waals surface area contributed by atoms with Crippen LogP contribution in [0.3, 0.4) is 0 Å². The lowest BCUT2D eigenvalue weighted by Gasteiger charge is -2.08. The molecule has 0 atom stereocenters. The molecule has 4 nitrogen and oxygen atoms in total. The van der Waals surface area contributed by atoms with Crippen molar-refractivity contribution in [3.05, 3.63) is 65.2 Å². The molecule has 0 unspecified atom stereocenters. The van der Waals surface area contributed by atoms with Crippen molar-refractivity contribution in [2.75, 3.05) is 11.9 Å². The molecule has 2 N–H and O–H groups in total. The van der Waals surface area contributed by atoms with Crippen LogP contribution in [-0.2, 0) is 16.0 Å². The summed E-state index contributed by atoms with van der Waals surface area (Å²) in [6, 6.07) is 15.4. The molecule has 0 spiro atoms. The molecule has 114 valence electrons. The molecule has 0 aliphatic rings. The lowest BCUT2D eigenvalue weighted by Crippen LogP contribution is -2.36. The Labute approximate surface area is 130 Å². The van der Waals surface area contributed by atoms with Gasteiger partial charge < -0.3 is 10.6 Å². The maximum absolute atomic E-state index is 11.8. The number of hydrogen-bond donors (Lipinski definition) is 2. The third-order valence-electron chi connectivity index (χ3n) is 3.38. The lowest BCUT2D eigenvalue weighted by molar-refractivity contribution is -0.136. The normalized spacial score (nSPS) is 10.1. The summed E-state index contributed by atoms with van der Waals surface area (Å²) in [6.07, 6.45) is 0.699. The highest BCUT2D eigenvalue weighted by atomic mass is 16.2. The van der Waals surface area contributed by atoms with Gasteiger partial charge in [0.05, 0.1) is 0 Å². The molecule has 0 saturated carbocycles. The van der Waals surface area contributed by atoms with Crippen LogP contribution in [0.4, 0.5) is 5.69 Å². The molecule has 0 heterocycles. The van der Waals surface area contributed by atoms with Crippen molar-refractivity contribution < 1.29 is 9.59 Å². The summed E-state index contributed by atoms with van der Waals surface area (Å²) >= 11 is 0. The minimum atomic E-state index is -0.640. The predicted molar refractivity (Wildman–Crippen MR) is 87.7 cm³/mol. The SMILES string of the molecule is Cc1cccc(CCNC(=O)C(=O)Nc2ccccc2C)c1. The van der Waals surface area contributed by atoms with E-state index < -0.39 is 11.8 Å². The fourth-order valence-corrected chi connectivity index (χ4v) is 2.16. The van der Waals surface area contributed by atoms with E-state index >= 15 is 0 Å². The molecule has 2 aromatic carbocycles. The van der Waals surface area contributed by atoms with Crippen LogP contribution in [0, 0.1) is 13.8 Å².